The number of aryl methyl sites for hydroxylation is 1. The van der Waals surface area contributed by atoms with Crippen LogP contribution < -0.4 is 0 Å². The first-order valence-corrected chi connectivity index (χ1v) is 9.83. The first-order valence-electron chi connectivity index (χ1n) is 7.99. The monoisotopic (exact) mass is 350 g/mol. The second kappa shape index (κ2) is 6.22. The molecule has 24 heavy (non-hydrogen) atoms. The molecule has 1 amide bonds. The molecule has 2 aromatic rings. The Kier molecular flexibility index (Phi) is 4.40. The molecule has 1 saturated heterocycles. The smallest absolute Gasteiger partial charge is 0.289 e. The number of carbonyl (C=O) groups is 1. The number of hydrogen-bond donors (Lipinski definition) is 0. The number of likely N-dealkylation sites (tertiary alicyclic amines) is 1. The number of furan rings is 1. The van der Waals surface area contributed by atoms with E-state index in [1.54, 1.807) is 18.0 Å². The number of nitrogens with zero attached hydrogens (tertiary/aromatic N) is 2. The molecule has 1 aliphatic rings. The highest BCUT2D eigenvalue weighted by Crippen LogP contribution is 2.25. The Bertz CT molecular complexity index is 864. The van der Waals surface area contributed by atoms with E-state index in [-0.39, 0.29) is 11.9 Å². The topological polar surface area (TPSA) is 70.8 Å². The van der Waals surface area contributed by atoms with Crippen molar-refractivity contribution in [3.05, 3.63) is 35.6 Å². The third-order valence-electron chi connectivity index (χ3n) is 4.74. The van der Waals surface area contributed by atoms with E-state index in [4.69, 9.17) is 4.42 Å². The Hall–Kier alpha value is -1.86. The van der Waals surface area contributed by atoms with Crippen LogP contribution in [0.1, 0.15) is 29.0 Å². The number of piperidine rings is 1. The van der Waals surface area contributed by atoms with Crippen LogP contribution >= 0.6 is 0 Å². The van der Waals surface area contributed by atoms with Crippen LogP contribution in [0.25, 0.3) is 11.0 Å². The first kappa shape index (κ1) is 17.0. The minimum Gasteiger partial charge on any atom is -0.451 e. The SMILES string of the molecule is Cc1cccc2cc(C(=O)N3CCC(N(C)S(C)(=O)=O)CC3)oc12. The van der Waals surface area contributed by atoms with E-state index >= 15 is 0 Å². The van der Waals surface area contributed by atoms with Crippen LogP contribution in [0.4, 0.5) is 0 Å². The van der Waals surface area contributed by atoms with Gasteiger partial charge in [-0.1, -0.05) is 18.2 Å². The molecule has 0 aliphatic carbocycles. The molecule has 0 radical (unpaired) electrons. The number of sulfonamides is 1. The number of benzene rings is 1. The van der Waals surface area contributed by atoms with E-state index in [0.717, 1.165) is 16.5 Å². The maximum Gasteiger partial charge on any atom is 0.289 e. The summed E-state index contributed by atoms with van der Waals surface area (Å²) in [6.45, 7) is 3.01. The van der Waals surface area contributed by atoms with Crippen LogP contribution in [0.2, 0.25) is 0 Å². The van der Waals surface area contributed by atoms with Crippen molar-refractivity contribution in [3.63, 3.8) is 0 Å². The predicted molar refractivity (Wildman–Crippen MR) is 92.5 cm³/mol. The van der Waals surface area contributed by atoms with Gasteiger partial charge in [0, 0.05) is 31.6 Å². The van der Waals surface area contributed by atoms with E-state index in [0.29, 0.717) is 31.7 Å². The van der Waals surface area contributed by atoms with Gasteiger partial charge in [0.15, 0.2) is 5.76 Å². The average Bonchev–Trinajstić information content (AvgIpc) is 2.98. The lowest BCUT2D eigenvalue weighted by atomic mass is 10.1. The molecule has 1 aromatic heterocycles. The lowest BCUT2D eigenvalue weighted by molar-refractivity contribution is 0.0657. The van der Waals surface area contributed by atoms with Gasteiger partial charge in [-0.05, 0) is 31.4 Å². The first-order chi connectivity index (χ1) is 11.3. The molecule has 1 aliphatic heterocycles. The maximum atomic E-state index is 12.7. The number of fused-ring (bicyclic) bond motifs is 1. The number of hydrogen-bond acceptors (Lipinski definition) is 4. The zero-order valence-electron chi connectivity index (χ0n) is 14.2. The summed E-state index contributed by atoms with van der Waals surface area (Å²) >= 11 is 0. The summed E-state index contributed by atoms with van der Waals surface area (Å²) in [5.41, 5.74) is 1.74. The van der Waals surface area contributed by atoms with Gasteiger partial charge in [-0.3, -0.25) is 4.79 Å². The van der Waals surface area contributed by atoms with E-state index in [9.17, 15) is 13.2 Å². The fourth-order valence-electron chi connectivity index (χ4n) is 3.17. The summed E-state index contributed by atoms with van der Waals surface area (Å²) in [5, 5.41) is 0.921. The van der Waals surface area contributed by atoms with Gasteiger partial charge < -0.3 is 9.32 Å². The van der Waals surface area contributed by atoms with Gasteiger partial charge in [0.25, 0.3) is 5.91 Å². The lowest BCUT2D eigenvalue weighted by Gasteiger charge is -2.35. The number of carbonyl (C=O) groups excluding carboxylic acids is 1. The van der Waals surface area contributed by atoms with Gasteiger partial charge in [-0.15, -0.1) is 0 Å². The molecule has 0 spiro atoms. The second-order valence-electron chi connectivity index (χ2n) is 6.41. The molecule has 0 N–H and O–H groups in total. The Labute approximate surface area is 142 Å². The zero-order valence-corrected chi connectivity index (χ0v) is 15.0. The normalized spacial score (nSPS) is 16.9. The minimum atomic E-state index is -3.20. The maximum absolute atomic E-state index is 12.7. The molecule has 0 saturated carbocycles. The number of para-hydroxylation sites is 1. The Morgan fingerprint density at radius 3 is 2.54 bits per heavy atom. The predicted octanol–water partition coefficient (Wildman–Crippen LogP) is 2.24. The molecule has 6 nitrogen and oxygen atoms in total. The Balaban J connectivity index is 1.72. The average molecular weight is 350 g/mol. The van der Waals surface area contributed by atoms with Crippen molar-refractivity contribution in [1.29, 1.82) is 0 Å². The quantitative estimate of drug-likeness (QED) is 0.851. The van der Waals surface area contributed by atoms with Crippen molar-refractivity contribution in [1.82, 2.24) is 9.21 Å². The minimum absolute atomic E-state index is 0.0537. The van der Waals surface area contributed by atoms with Gasteiger partial charge >= 0.3 is 0 Å². The van der Waals surface area contributed by atoms with E-state index in [2.05, 4.69) is 0 Å². The largest absolute Gasteiger partial charge is 0.451 e. The third-order valence-corrected chi connectivity index (χ3v) is 6.09. The molecule has 7 heteroatoms. The van der Waals surface area contributed by atoms with Gasteiger partial charge in [0.1, 0.15) is 5.58 Å². The van der Waals surface area contributed by atoms with E-state index in [1.165, 1.54) is 10.6 Å². The van der Waals surface area contributed by atoms with Crippen LogP contribution in [-0.2, 0) is 10.0 Å². The van der Waals surface area contributed by atoms with E-state index in [1.807, 2.05) is 25.1 Å². The fourth-order valence-corrected chi connectivity index (χ4v) is 3.93. The van der Waals surface area contributed by atoms with Gasteiger partial charge in [0.2, 0.25) is 10.0 Å². The molecule has 1 fully saturated rings. The Morgan fingerprint density at radius 1 is 1.29 bits per heavy atom. The summed E-state index contributed by atoms with van der Waals surface area (Å²) in [6.07, 6.45) is 2.48. The van der Waals surface area contributed by atoms with Gasteiger partial charge in [-0.25, -0.2) is 12.7 Å². The zero-order chi connectivity index (χ0) is 17.5. The van der Waals surface area contributed by atoms with Crippen LogP contribution in [0.5, 0.6) is 0 Å². The molecular weight excluding hydrogens is 328 g/mol. The van der Waals surface area contributed by atoms with Crippen molar-refractivity contribution in [2.45, 2.75) is 25.8 Å². The molecule has 0 atom stereocenters. The highest BCUT2D eigenvalue weighted by Gasteiger charge is 2.30. The van der Waals surface area contributed by atoms with Crippen molar-refractivity contribution < 1.29 is 17.6 Å². The van der Waals surface area contributed by atoms with Crippen molar-refractivity contribution in [3.8, 4) is 0 Å². The Morgan fingerprint density at radius 2 is 1.96 bits per heavy atom. The van der Waals surface area contributed by atoms with Crippen molar-refractivity contribution in [2.24, 2.45) is 0 Å². The molecule has 0 unspecified atom stereocenters. The lowest BCUT2D eigenvalue weighted by Crippen LogP contribution is -2.46. The van der Waals surface area contributed by atoms with Gasteiger partial charge in [0.05, 0.1) is 6.26 Å². The van der Waals surface area contributed by atoms with Crippen LogP contribution in [0.15, 0.2) is 28.7 Å². The summed E-state index contributed by atoms with van der Waals surface area (Å²) in [4.78, 5) is 14.4. The summed E-state index contributed by atoms with van der Waals surface area (Å²) in [5.74, 6) is 0.209. The second-order valence-corrected chi connectivity index (χ2v) is 8.45. The third kappa shape index (κ3) is 3.18. The van der Waals surface area contributed by atoms with Gasteiger partial charge in [-0.2, -0.15) is 0 Å². The summed E-state index contributed by atoms with van der Waals surface area (Å²) in [7, 11) is -1.61. The van der Waals surface area contributed by atoms with Crippen LogP contribution in [-0.4, -0.2) is 56.0 Å². The van der Waals surface area contributed by atoms with Crippen LogP contribution in [0.3, 0.4) is 0 Å². The highest BCUT2D eigenvalue weighted by atomic mass is 32.2. The molecule has 3 rings (SSSR count). The number of rotatable bonds is 3. The standard InChI is InChI=1S/C17H22N2O4S/c1-12-5-4-6-13-11-15(23-16(12)13)17(20)19-9-7-14(8-10-19)18(2)24(3,21)22/h4-6,11,14H,7-10H2,1-3H3. The van der Waals surface area contributed by atoms with Crippen LogP contribution in [0, 0.1) is 6.92 Å². The molecule has 0 bridgehead atoms. The highest BCUT2D eigenvalue weighted by molar-refractivity contribution is 7.88. The number of amides is 1. The fraction of sp³-hybridized carbons (Fsp3) is 0.471. The summed E-state index contributed by atoms with van der Waals surface area (Å²) in [6, 6.07) is 7.54. The molecular formula is C17H22N2O4S. The molecule has 2 heterocycles. The summed E-state index contributed by atoms with van der Waals surface area (Å²) < 4.78 is 30.4. The molecule has 1 aromatic carbocycles. The van der Waals surface area contributed by atoms with Crippen molar-refractivity contribution >= 4 is 26.9 Å². The molecule has 130 valence electrons. The van der Waals surface area contributed by atoms with Crippen molar-refractivity contribution in [2.75, 3.05) is 26.4 Å². The van der Waals surface area contributed by atoms with E-state index < -0.39 is 10.0 Å².